The van der Waals surface area contributed by atoms with Crippen LogP contribution in [0.2, 0.25) is 0 Å². The van der Waals surface area contributed by atoms with Crippen molar-refractivity contribution < 1.29 is 17.9 Å². The monoisotopic (exact) mass is 506 g/mol. The van der Waals surface area contributed by atoms with Gasteiger partial charge in [0, 0.05) is 0 Å². The second-order valence-corrected chi connectivity index (χ2v) is 11.2. The number of hydrogen-bond donors (Lipinski definition) is 1. The van der Waals surface area contributed by atoms with Crippen LogP contribution in [0.1, 0.15) is 55.8 Å². The molecule has 6 nitrogen and oxygen atoms in total. The Morgan fingerprint density at radius 3 is 2.22 bits per heavy atom. The topological polar surface area (TPSA) is 75.7 Å². The molecule has 2 atom stereocenters. The van der Waals surface area contributed by atoms with Crippen molar-refractivity contribution in [2.24, 2.45) is 0 Å². The summed E-state index contributed by atoms with van der Waals surface area (Å²) in [5.41, 5.74) is 4.21. The van der Waals surface area contributed by atoms with Crippen molar-refractivity contribution in [1.82, 2.24) is 5.32 Å². The maximum absolute atomic E-state index is 13.3. The number of benzene rings is 3. The van der Waals surface area contributed by atoms with Crippen LogP contribution in [0.3, 0.4) is 0 Å². The zero-order chi connectivity index (χ0) is 25.7. The first-order valence-electron chi connectivity index (χ1n) is 12.5. The Hall–Kier alpha value is -3.32. The molecule has 0 heterocycles. The molecule has 7 heteroatoms. The van der Waals surface area contributed by atoms with Gasteiger partial charge in [0.15, 0.2) is 0 Å². The number of sulfonamides is 1. The quantitative estimate of drug-likeness (QED) is 0.399. The van der Waals surface area contributed by atoms with E-state index in [1.807, 2.05) is 37.3 Å². The molecule has 1 amide bonds. The normalized spacial score (nSPS) is 14.9. The Morgan fingerprint density at radius 1 is 0.944 bits per heavy atom. The molecule has 1 aliphatic carbocycles. The molecule has 0 fully saturated rings. The largest absolute Gasteiger partial charge is 0.457 e. The number of fused-ring (bicyclic) bond motifs is 1. The zero-order valence-electron chi connectivity index (χ0n) is 21.1. The molecule has 0 saturated heterocycles. The molecule has 4 rings (SSSR count). The van der Waals surface area contributed by atoms with E-state index in [0.717, 1.165) is 29.0 Å². The lowest BCUT2D eigenvalue weighted by molar-refractivity contribution is -0.122. The highest BCUT2D eigenvalue weighted by Gasteiger charge is 2.30. The van der Waals surface area contributed by atoms with Crippen molar-refractivity contribution in [3.8, 4) is 11.5 Å². The summed E-state index contributed by atoms with van der Waals surface area (Å²) in [5.74, 6) is 0.925. The predicted molar refractivity (Wildman–Crippen MR) is 144 cm³/mol. The average Bonchev–Trinajstić information content (AvgIpc) is 2.87. The summed E-state index contributed by atoms with van der Waals surface area (Å²) in [6.45, 7) is 3.64. The van der Waals surface area contributed by atoms with Crippen molar-refractivity contribution in [3.63, 3.8) is 0 Å². The van der Waals surface area contributed by atoms with E-state index in [4.69, 9.17) is 4.74 Å². The first kappa shape index (κ1) is 25.8. The third kappa shape index (κ3) is 6.08. The summed E-state index contributed by atoms with van der Waals surface area (Å²) in [6.07, 6.45) is 6.41. The van der Waals surface area contributed by atoms with E-state index in [0.29, 0.717) is 23.6 Å². The number of hydrogen-bond acceptors (Lipinski definition) is 4. The third-order valence-corrected chi connectivity index (χ3v) is 7.90. The number of anilines is 1. The lowest BCUT2D eigenvalue weighted by atomic mass is 9.88. The van der Waals surface area contributed by atoms with E-state index >= 15 is 0 Å². The highest BCUT2D eigenvalue weighted by atomic mass is 32.2. The molecule has 0 aliphatic heterocycles. The molecule has 1 aliphatic rings. The van der Waals surface area contributed by atoms with Gasteiger partial charge >= 0.3 is 0 Å². The number of amides is 1. The van der Waals surface area contributed by atoms with Gasteiger partial charge in [0.2, 0.25) is 15.9 Å². The van der Waals surface area contributed by atoms with Crippen LogP contribution in [0.25, 0.3) is 0 Å². The smallest absolute Gasteiger partial charge is 0.244 e. The molecular formula is C29H34N2O4S. The average molecular weight is 507 g/mol. The number of carbonyl (C=O) groups excluding carboxylic acids is 1. The number of para-hydroxylation sites is 1. The van der Waals surface area contributed by atoms with Crippen LogP contribution >= 0.6 is 0 Å². The fraction of sp³-hybridized carbons (Fsp3) is 0.345. The summed E-state index contributed by atoms with van der Waals surface area (Å²) in [5, 5.41) is 3.09. The van der Waals surface area contributed by atoms with Gasteiger partial charge in [0.05, 0.1) is 18.0 Å². The lowest BCUT2D eigenvalue weighted by Crippen LogP contribution is -2.48. The second-order valence-electron chi connectivity index (χ2n) is 9.35. The third-order valence-electron chi connectivity index (χ3n) is 6.66. The predicted octanol–water partition coefficient (Wildman–Crippen LogP) is 5.78. The molecule has 0 spiro atoms. The van der Waals surface area contributed by atoms with Gasteiger partial charge in [-0.3, -0.25) is 9.10 Å². The fourth-order valence-electron chi connectivity index (χ4n) is 4.78. The van der Waals surface area contributed by atoms with Gasteiger partial charge in [-0.05, 0) is 92.1 Å². The molecule has 190 valence electrons. The Kier molecular flexibility index (Phi) is 7.99. The minimum Gasteiger partial charge on any atom is -0.457 e. The summed E-state index contributed by atoms with van der Waals surface area (Å²) in [7, 11) is -3.72. The molecular weight excluding hydrogens is 472 g/mol. The van der Waals surface area contributed by atoms with E-state index in [9.17, 15) is 13.2 Å². The van der Waals surface area contributed by atoms with Crippen molar-refractivity contribution >= 4 is 21.6 Å². The van der Waals surface area contributed by atoms with Crippen molar-refractivity contribution in [2.75, 3.05) is 10.6 Å². The minimum absolute atomic E-state index is 0.185. The van der Waals surface area contributed by atoms with Crippen molar-refractivity contribution in [1.29, 1.82) is 0 Å². The van der Waals surface area contributed by atoms with Gasteiger partial charge in [-0.25, -0.2) is 8.42 Å². The van der Waals surface area contributed by atoms with Gasteiger partial charge in [-0.15, -0.1) is 0 Å². The molecule has 0 saturated carbocycles. The Morgan fingerprint density at radius 2 is 1.58 bits per heavy atom. The van der Waals surface area contributed by atoms with Gasteiger partial charge < -0.3 is 10.1 Å². The zero-order valence-corrected chi connectivity index (χ0v) is 21.9. The number of carbonyl (C=O) groups is 1. The van der Waals surface area contributed by atoms with Gasteiger partial charge in [0.1, 0.15) is 17.5 Å². The van der Waals surface area contributed by atoms with Gasteiger partial charge in [-0.1, -0.05) is 43.3 Å². The standard InChI is InChI=1S/C29H34N2O4S/c1-4-28(24-15-14-22-10-8-9-11-23(22)20-24)30-29(32)21(2)31(36(3,33)34)25-16-18-27(19-17-25)35-26-12-6-5-7-13-26/h5-7,12-21,28H,4,8-11H2,1-3H3,(H,30,32)/t21-,28+/m1/s1. The molecule has 3 aromatic rings. The van der Waals surface area contributed by atoms with Crippen LogP contribution in [0, 0.1) is 0 Å². The molecule has 3 aromatic carbocycles. The number of rotatable bonds is 9. The van der Waals surface area contributed by atoms with E-state index in [2.05, 4.69) is 23.5 Å². The maximum atomic E-state index is 13.3. The maximum Gasteiger partial charge on any atom is 0.244 e. The Bertz CT molecular complexity index is 1290. The number of aryl methyl sites for hydroxylation is 2. The number of nitrogens with one attached hydrogen (secondary N) is 1. The van der Waals surface area contributed by atoms with E-state index in [1.54, 1.807) is 31.2 Å². The number of ether oxygens (including phenoxy) is 1. The molecule has 36 heavy (non-hydrogen) atoms. The summed E-state index contributed by atoms with van der Waals surface area (Å²) in [6, 6.07) is 21.4. The van der Waals surface area contributed by atoms with Crippen LogP contribution in [0.15, 0.2) is 72.8 Å². The van der Waals surface area contributed by atoms with Gasteiger partial charge in [-0.2, -0.15) is 0 Å². The summed E-state index contributed by atoms with van der Waals surface area (Å²) >= 11 is 0. The van der Waals surface area contributed by atoms with Crippen LogP contribution < -0.4 is 14.4 Å². The fourth-order valence-corrected chi connectivity index (χ4v) is 5.95. The Labute approximate surface area is 214 Å². The Balaban J connectivity index is 1.51. The minimum atomic E-state index is -3.72. The van der Waals surface area contributed by atoms with Crippen molar-refractivity contribution in [2.45, 2.75) is 58.0 Å². The van der Waals surface area contributed by atoms with Crippen LogP contribution in [-0.4, -0.2) is 26.6 Å². The van der Waals surface area contributed by atoms with Crippen LogP contribution in [-0.2, 0) is 27.7 Å². The highest BCUT2D eigenvalue weighted by Crippen LogP contribution is 2.29. The van der Waals surface area contributed by atoms with E-state index in [-0.39, 0.29) is 11.9 Å². The molecule has 0 bridgehead atoms. The first-order chi connectivity index (χ1) is 17.3. The van der Waals surface area contributed by atoms with Crippen LogP contribution in [0.5, 0.6) is 11.5 Å². The van der Waals surface area contributed by atoms with E-state index in [1.165, 1.54) is 24.0 Å². The van der Waals surface area contributed by atoms with Crippen molar-refractivity contribution in [3.05, 3.63) is 89.5 Å². The van der Waals surface area contributed by atoms with Crippen LogP contribution in [0.4, 0.5) is 5.69 Å². The SMILES string of the molecule is CC[C@H](NC(=O)[C@@H](C)N(c1ccc(Oc2ccccc2)cc1)S(C)(=O)=O)c1ccc2c(c1)CCCC2. The molecule has 0 radical (unpaired) electrons. The molecule has 0 unspecified atom stereocenters. The lowest BCUT2D eigenvalue weighted by Gasteiger charge is -2.30. The molecule has 0 aromatic heterocycles. The highest BCUT2D eigenvalue weighted by molar-refractivity contribution is 7.92. The van der Waals surface area contributed by atoms with Gasteiger partial charge in [0.25, 0.3) is 0 Å². The second kappa shape index (κ2) is 11.2. The first-order valence-corrected chi connectivity index (χ1v) is 14.4. The number of nitrogens with zero attached hydrogens (tertiary/aromatic N) is 1. The van der Waals surface area contributed by atoms with E-state index < -0.39 is 16.1 Å². The molecule has 1 N–H and O–H groups in total. The summed E-state index contributed by atoms with van der Waals surface area (Å²) < 4.78 is 32.5. The summed E-state index contributed by atoms with van der Waals surface area (Å²) in [4.78, 5) is 13.3.